The van der Waals surface area contributed by atoms with Crippen LogP contribution in [-0.2, 0) is 0 Å². The summed E-state index contributed by atoms with van der Waals surface area (Å²) in [5, 5.41) is 0. The summed E-state index contributed by atoms with van der Waals surface area (Å²) in [5.41, 5.74) is 1.05. The third-order valence-corrected chi connectivity index (χ3v) is 6.91. The van der Waals surface area contributed by atoms with Gasteiger partial charge in [0.05, 0.1) is 6.61 Å². The van der Waals surface area contributed by atoms with Crippen LogP contribution in [0.3, 0.4) is 0 Å². The summed E-state index contributed by atoms with van der Waals surface area (Å²) in [4.78, 5) is 0. The quantitative estimate of drug-likeness (QED) is 0.468. The third-order valence-electron chi connectivity index (χ3n) is 6.91. The normalized spacial score (nSPS) is 27.9. The molecule has 0 bridgehead atoms. The van der Waals surface area contributed by atoms with Crippen LogP contribution in [0.5, 0.6) is 5.75 Å². The molecule has 0 saturated heterocycles. The predicted molar refractivity (Wildman–Crippen MR) is 119 cm³/mol. The van der Waals surface area contributed by atoms with Gasteiger partial charge in [0, 0.05) is 5.56 Å². The predicted octanol–water partition coefficient (Wildman–Crippen LogP) is 7.41. The van der Waals surface area contributed by atoms with Crippen LogP contribution in [-0.4, -0.2) is 6.61 Å². The van der Waals surface area contributed by atoms with Gasteiger partial charge in [-0.2, -0.15) is 0 Å². The molecule has 0 aromatic heterocycles. The Morgan fingerprint density at radius 1 is 0.893 bits per heavy atom. The molecule has 1 aromatic rings. The van der Waals surface area contributed by atoms with Crippen molar-refractivity contribution in [3.05, 3.63) is 42.0 Å². The van der Waals surface area contributed by atoms with Gasteiger partial charge < -0.3 is 4.74 Å². The maximum atomic E-state index is 5.47. The molecule has 2 saturated carbocycles. The zero-order valence-electron chi connectivity index (χ0n) is 18.0. The Kier molecular flexibility index (Phi) is 8.53. The number of allylic oxidation sites excluding steroid dienone is 2. The van der Waals surface area contributed by atoms with E-state index in [9.17, 15) is 0 Å². The highest BCUT2D eigenvalue weighted by Gasteiger charge is 2.29. The summed E-state index contributed by atoms with van der Waals surface area (Å²) in [7, 11) is 0. The lowest BCUT2D eigenvalue weighted by Gasteiger charge is -2.37. The van der Waals surface area contributed by atoms with E-state index in [2.05, 4.69) is 30.9 Å². The Morgan fingerprint density at radius 2 is 1.54 bits per heavy atom. The maximum Gasteiger partial charge on any atom is 0.119 e. The van der Waals surface area contributed by atoms with Crippen LogP contribution >= 0.6 is 0 Å². The van der Waals surface area contributed by atoms with Crippen molar-refractivity contribution in [3.8, 4) is 17.6 Å². The maximum absolute atomic E-state index is 5.47. The highest BCUT2D eigenvalue weighted by atomic mass is 16.5. The molecule has 1 aromatic carbocycles. The monoisotopic (exact) mass is 378 g/mol. The first-order chi connectivity index (χ1) is 13.8. The van der Waals surface area contributed by atoms with E-state index in [-0.39, 0.29) is 0 Å². The molecule has 0 amide bonds. The lowest BCUT2D eigenvalue weighted by Crippen LogP contribution is -2.25. The van der Waals surface area contributed by atoms with Gasteiger partial charge in [0.1, 0.15) is 5.75 Å². The van der Waals surface area contributed by atoms with E-state index in [0.29, 0.717) is 6.61 Å². The first-order valence-corrected chi connectivity index (χ1v) is 11.7. The summed E-state index contributed by atoms with van der Waals surface area (Å²) in [6.07, 6.45) is 18.9. The fraction of sp³-hybridized carbons (Fsp3) is 0.630. The van der Waals surface area contributed by atoms with Crippen molar-refractivity contribution in [2.75, 3.05) is 6.61 Å². The standard InChI is InChI=1S/C27H38O/c1-3-7-22-10-16-25(17-11-22)26-18-12-23(13-19-26)8-5-6-9-24-14-20-27(21-15-24)28-4-2/h5,8,14-15,20-23,25-26H,3-4,7,10-13,16-19H2,1-2H3. The van der Waals surface area contributed by atoms with E-state index in [1.165, 1.54) is 64.2 Å². The molecule has 1 nitrogen and oxygen atoms in total. The SMILES string of the molecule is CCCC1CCC(C2CCC(C=CC#Cc3ccc(OCC)cc3)CC2)CC1. The molecule has 0 heterocycles. The average Bonchev–Trinajstić information content (AvgIpc) is 2.74. The second kappa shape index (κ2) is 11.4. The van der Waals surface area contributed by atoms with E-state index < -0.39 is 0 Å². The van der Waals surface area contributed by atoms with Crippen LogP contribution in [0.2, 0.25) is 0 Å². The van der Waals surface area contributed by atoms with Crippen molar-refractivity contribution in [2.45, 2.75) is 78.1 Å². The van der Waals surface area contributed by atoms with Gasteiger partial charge in [0.25, 0.3) is 0 Å². The Balaban J connectivity index is 1.39. The van der Waals surface area contributed by atoms with E-state index in [1.54, 1.807) is 0 Å². The molecule has 0 spiro atoms. The number of hydrogen-bond donors (Lipinski definition) is 0. The average molecular weight is 379 g/mol. The van der Waals surface area contributed by atoms with Crippen LogP contribution in [0.4, 0.5) is 0 Å². The minimum atomic E-state index is 0.704. The smallest absolute Gasteiger partial charge is 0.119 e. The van der Waals surface area contributed by atoms with E-state index in [1.807, 2.05) is 31.2 Å². The van der Waals surface area contributed by atoms with Gasteiger partial charge >= 0.3 is 0 Å². The topological polar surface area (TPSA) is 9.23 Å². The number of rotatable bonds is 6. The molecule has 2 aliphatic rings. The molecular weight excluding hydrogens is 340 g/mol. The molecule has 2 aliphatic carbocycles. The van der Waals surface area contributed by atoms with Crippen molar-refractivity contribution >= 4 is 0 Å². The minimum Gasteiger partial charge on any atom is -0.494 e. The lowest BCUT2D eigenvalue weighted by atomic mass is 9.69. The molecule has 28 heavy (non-hydrogen) atoms. The number of benzene rings is 1. The summed E-state index contributed by atoms with van der Waals surface area (Å²) >= 11 is 0. The summed E-state index contributed by atoms with van der Waals surface area (Å²) in [5.74, 6) is 11.2. The van der Waals surface area contributed by atoms with E-state index in [0.717, 1.165) is 35.0 Å². The summed E-state index contributed by atoms with van der Waals surface area (Å²) in [6.45, 7) is 5.05. The molecule has 0 radical (unpaired) electrons. The molecular formula is C27H38O. The zero-order valence-corrected chi connectivity index (χ0v) is 18.0. The van der Waals surface area contributed by atoms with Gasteiger partial charge in [-0.1, -0.05) is 50.5 Å². The van der Waals surface area contributed by atoms with Gasteiger partial charge in [0.15, 0.2) is 0 Å². The van der Waals surface area contributed by atoms with Crippen molar-refractivity contribution in [1.82, 2.24) is 0 Å². The Hall–Kier alpha value is -1.68. The third kappa shape index (κ3) is 6.44. The lowest BCUT2D eigenvalue weighted by molar-refractivity contribution is 0.152. The molecule has 0 unspecified atom stereocenters. The van der Waals surface area contributed by atoms with Crippen LogP contribution < -0.4 is 4.74 Å². The zero-order chi connectivity index (χ0) is 19.6. The highest BCUT2D eigenvalue weighted by molar-refractivity contribution is 5.40. The van der Waals surface area contributed by atoms with Crippen LogP contribution in [0.25, 0.3) is 0 Å². The van der Waals surface area contributed by atoms with Crippen molar-refractivity contribution < 1.29 is 4.74 Å². The molecule has 152 valence electrons. The second-order valence-corrected chi connectivity index (χ2v) is 8.83. The van der Waals surface area contributed by atoms with E-state index in [4.69, 9.17) is 4.74 Å². The minimum absolute atomic E-state index is 0.704. The first kappa shape index (κ1) is 21.0. The Bertz CT molecular complexity index is 644. The highest BCUT2D eigenvalue weighted by Crippen LogP contribution is 2.42. The number of ether oxygens (including phenoxy) is 1. The largest absolute Gasteiger partial charge is 0.494 e. The summed E-state index contributed by atoms with van der Waals surface area (Å²) in [6, 6.07) is 8.06. The molecule has 0 atom stereocenters. The fourth-order valence-corrected chi connectivity index (χ4v) is 5.28. The molecule has 1 heteroatoms. The summed E-state index contributed by atoms with van der Waals surface area (Å²) < 4.78 is 5.47. The van der Waals surface area contributed by atoms with Gasteiger partial charge in [-0.3, -0.25) is 0 Å². The number of hydrogen-bond acceptors (Lipinski definition) is 1. The Morgan fingerprint density at radius 3 is 2.14 bits per heavy atom. The fourth-order valence-electron chi connectivity index (χ4n) is 5.28. The van der Waals surface area contributed by atoms with Gasteiger partial charge in [-0.25, -0.2) is 0 Å². The molecule has 0 aliphatic heterocycles. The van der Waals surface area contributed by atoms with Gasteiger partial charge in [0.2, 0.25) is 0 Å². The Labute approximate surface area is 173 Å². The van der Waals surface area contributed by atoms with Gasteiger partial charge in [-0.05, 0) is 99.5 Å². The van der Waals surface area contributed by atoms with Crippen molar-refractivity contribution in [3.63, 3.8) is 0 Å². The first-order valence-electron chi connectivity index (χ1n) is 11.7. The van der Waals surface area contributed by atoms with Crippen LogP contribution in [0, 0.1) is 35.5 Å². The van der Waals surface area contributed by atoms with Crippen LogP contribution in [0.15, 0.2) is 36.4 Å². The van der Waals surface area contributed by atoms with Crippen LogP contribution in [0.1, 0.15) is 83.6 Å². The molecule has 2 fully saturated rings. The molecule has 3 rings (SSSR count). The van der Waals surface area contributed by atoms with Gasteiger partial charge in [-0.15, -0.1) is 0 Å². The van der Waals surface area contributed by atoms with Crippen molar-refractivity contribution in [2.24, 2.45) is 23.7 Å². The molecule has 0 N–H and O–H groups in total. The van der Waals surface area contributed by atoms with Crippen molar-refractivity contribution in [1.29, 1.82) is 0 Å². The van der Waals surface area contributed by atoms with E-state index >= 15 is 0 Å². The second-order valence-electron chi connectivity index (χ2n) is 8.83.